The smallest absolute Gasteiger partial charge is 0.252 e. The lowest BCUT2D eigenvalue weighted by atomic mass is 10.00. The maximum atomic E-state index is 12.3. The lowest BCUT2D eigenvalue weighted by Crippen LogP contribution is -2.33. The zero-order valence-corrected chi connectivity index (χ0v) is 21.1. The van der Waals surface area contributed by atoms with Crippen molar-refractivity contribution in [2.24, 2.45) is 11.7 Å². The molecule has 0 aliphatic heterocycles. The predicted molar refractivity (Wildman–Crippen MR) is 140 cm³/mol. The molecule has 0 radical (unpaired) electrons. The molecule has 1 aromatic heterocycles. The largest absolute Gasteiger partial charge is 0.493 e. The molecular formula is C27H36N4O4. The number of nitrogens with one attached hydrogen (secondary N) is 2. The number of nitrogens with zero attached hydrogens (tertiary/aromatic N) is 1. The maximum Gasteiger partial charge on any atom is 0.252 e. The van der Waals surface area contributed by atoms with Gasteiger partial charge in [0.15, 0.2) is 11.5 Å². The molecule has 0 fully saturated rings. The average Bonchev–Trinajstić information content (AvgIpc) is 2.85. The quantitative estimate of drug-likeness (QED) is 0.307. The molecular weight excluding hydrogens is 444 g/mol. The van der Waals surface area contributed by atoms with Crippen molar-refractivity contribution in [1.82, 2.24) is 10.3 Å². The van der Waals surface area contributed by atoms with Crippen LogP contribution in [0.5, 0.6) is 11.5 Å². The Hall–Kier alpha value is -3.36. The summed E-state index contributed by atoms with van der Waals surface area (Å²) in [4.78, 5) is 16.7. The Balaban J connectivity index is 2.05. The molecule has 1 atom stereocenters. The van der Waals surface area contributed by atoms with E-state index in [0.717, 1.165) is 29.7 Å². The molecule has 8 heteroatoms. The number of aliphatic hydroxyl groups excluding tert-OH is 1. The summed E-state index contributed by atoms with van der Waals surface area (Å²) in [6.45, 7) is 7.10. The summed E-state index contributed by atoms with van der Waals surface area (Å²) in [6.07, 6.45) is 3.15. The SMILES string of the molecule is CCc1c(CN[C@@H](CO)CC(C)C)cccc1Nc1c(C(N)=O)cnc2cc(OC)c(OC)cc12. The van der Waals surface area contributed by atoms with Crippen molar-refractivity contribution >= 4 is 28.2 Å². The Kier molecular flexibility index (Phi) is 8.89. The van der Waals surface area contributed by atoms with Crippen LogP contribution in [0.4, 0.5) is 11.4 Å². The van der Waals surface area contributed by atoms with Gasteiger partial charge in [-0.3, -0.25) is 9.78 Å². The van der Waals surface area contributed by atoms with E-state index in [1.807, 2.05) is 12.1 Å². The van der Waals surface area contributed by atoms with Crippen LogP contribution in [0, 0.1) is 5.92 Å². The van der Waals surface area contributed by atoms with E-state index < -0.39 is 5.91 Å². The van der Waals surface area contributed by atoms with E-state index in [1.54, 1.807) is 26.4 Å². The number of rotatable bonds is 12. The summed E-state index contributed by atoms with van der Waals surface area (Å²) in [5.41, 5.74) is 10.3. The molecule has 3 aromatic rings. The first-order chi connectivity index (χ1) is 16.8. The van der Waals surface area contributed by atoms with Crippen LogP contribution in [0.25, 0.3) is 10.9 Å². The maximum absolute atomic E-state index is 12.3. The van der Waals surface area contributed by atoms with E-state index in [-0.39, 0.29) is 18.2 Å². The Morgan fingerprint density at radius 2 is 1.89 bits per heavy atom. The minimum Gasteiger partial charge on any atom is -0.493 e. The Morgan fingerprint density at radius 3 is 2.49 bits per heavy atom. The number of aromatic nitrogens is 1. The normalized spacial score (nSPS) is 12.1. The Morgan fingerprint density at radius 1 is 1.17 bits per heavy atom. The van der Waals surface area contributed by atoms with Gasteiger partial charge in [-0.15, -0.1) is 0 Å². The van der Waals surface area contributed by atoms with E-state index in [1.165, 1.54) is 6.20 Å². The molecule has 5 N–H and O–H groups in total. The van der Waals surface area contributed by atoms with Gasteiger partial charge in [-0.1, -0.05) is 32.9 Å². The number of benzene rings is 2. The minimum absolute atomic E-state index is 0.0318. The van der Waals surface area contributed by atoms with E-state index in [4.69, 9.17) is 15.2 Å². The number of primary amides is 1. The lowest BCUT2D eigenvalue weighted by molar-refractivity contribution is 0.100. The molecule has 1 amide bonds. The van der Waals surface area contributed by atoms with Crippen molar-refractivity contribution in [3.05, 3.63) is 53.2 Å². The van der Waals surface area contributed by atoms with Crippen LogP contribution in [-0.2, 0) is 13.0 Å². The number of aliphatic hydroxyl groups is 1. The molecule has 1 heterocycles. The topological polar surface area (TPSA) is 119 Å². The van der Waals surface area contributed by atoms with Gasteiger partial charge in [0.25, 0.3) is 5.91 Å². The lowest BCUT2D eigenvalue weighted by Gasteiger charge is -2.21. The number of fused-ring (bicyclic) bond motifs is 1. The van der Waals surface area contributed by atoms with Crippen LogP contribution in [0.3, 0.4) is 0 Å². The molecule has 188 valence electrons. The van der Waals surface area contributed by atoms with Crippen LogP contribution in [0.2, 0.25) is 0 Å². The third kappa shape index (κ3) is 6.01. The second kappa shape index (κ2) is 11.9. The molecule has 0 aliphatic rings. The fourth-order valence-corrected chi connectivity index (χ4v) is 4.36. The molecule has 0 unspecified atom stereocenters. The number of anilines is 2. The number of methoxy groups -OCH3 is 2. The summed E-state index contributed by atoms with van der Waals surface area (Å²) >= 11 is 0. The van der Waals surface area contributed by atoms with Gasteiger partial charge in [0.2, 0.25) is 0 Å². The molecule has 0 bridgehead atoms. The highest BCUT2D eigenvalue weighted by atomic mass is 16.5. The number of pyridine rings is 1. The second-order valence-electron chi connectivity index (χ2n) is 8.95. The van der Waals surface area contributed by atoms with E-state index in [9.17, 15) is 9.90 Å². The highest BCUT2D eigenvalue weighted by molar-refractivity contribution is 6.08. The van der Waals surface area contributed by atoms with E-state index in [2.05, 4.69) is 42.5 Å². The van der Waals surface area contributed by atoms with Crippen molar-refractivity contribution in [3.63, 3.8) is 0 Å². The summed E-state index contributed by atoms with van der Waals surface area (Å²) in [6, 6.07) is 9.64. The van der Waals surface area contributed by atoms with Crippen molar-refractivity contribution in [3.8, 4) is 11.5 Å². The summed E-state index contributed by atoms with van der Waals surface area (Å²) in [7, 11) is 3.13. The molecule has 35 heavy (non-hydrogen) atoms. The standard InChI is InChI=1S/C27H36N4O4/c1-6-19-17(13-29-18(15-32)10-16(2)3)8-7-9-22(19)31-26-20-11-24(34-4)25(35-5)12-23(20)30-14-21(26)27(28)33/h7-9,11-12,14,16,18,29,32H,6,10,13,15H2,1-5H3,(H2,28,33)(H,30,31)/t18-/m1/s1. The summed E-state index contributed by atoms with van der Waals surface area (Å²) in [5, 5.41) is 17.4. The fraction of sp³-hybridized carbons (Fsp3) is 0.407. The van der Waals surface area contributed by atoms with E-state index >= 15 is 0 Å². The van der Waals surface area contributed by atoms with Crippen LogP contribution in [0.15, 0.2) is 36.5 Å². The number of hydrogen-bond acceptors (Lipinski definition) is 7. The number of nitrogens with two attached hydrogens (primary N) is 1. The first-order valence-electron chi connectivity index (χ1n) is 11.9. The number of amides is 1. The number of ether oxygens (including phenoxy) is 2. The summed E-state index contributed by atoms with van der Waals surface area (Å²) in [5.74, 6) is 0.987. The van der Waals surface area contributed by atoms with Crippen molar-refractivity contribution in [1.29, 1.82) is 0 Å². The first-order valence-corrected chi connectivity index (χ1v) is 11.9. The van der Waals surface area contributed by atoms with Crippen molar-refractivity contribution in [2.75, 3.05) is 26.1 Å². The molecule has 0 saturated heterocycles. The van der Waals surface area contributed by atoms with Gasteiger partial charge in [0.1, 0.15) is 0 Å². The van der Waals surface area contributed by atoms with E-state index in [0.29, 0.717) is 40.6 Å². The van der Waals surface area contributed by atoms with Gasteiger partial charge in [-0.2, -0.15) is 0 Å². The van der Waals surface area contributed by atoms with Gasteiger partial charge < -0.3 is 30.9 Å². The van der Waals surface area contributed by atoms with Crippen LogP contribution < -0.4 is 25.8 Å². The van der Waals surface area contributed by atoms with Gasteiger partial charge in [0.05, 0.1) is 37.6 Å². The summed E-state index contributed by atoms with van der Waals surface area (Å²) < 4.78 is 10.9. The minimum atomic E-state index is -0.577. The third-order valence-corrected chi connectivity index (χ3v) is 6.08. The molecule has 0 spiro atoms. The monoisotopic (exact) mass is 480 g/mol. The first kappa shape index (κ1) is 26.2. The number of carbonyl (C=O) groups excluding carboxylic acids is 1. The molecule has 0 aliphatic carbocycles. The highest BCUT2D eigenvalue weighted by Gasteiger charge is 2.19. The highest BCUT2D eigenvalue weighted by Crippen LogP contribution is 2.37. The molecule has 2 aromatic carbocycles. The fourth-order valence-electron chi connectivity index (χ4n) is 4.36. The number of carbonyl (C=O) groups is 1. The molecule has 0 saturated carbocycles. The zero-order valence-electron chi connectivity index (χ0n) is 21.1. The Bertz CT molecular complexity index is 1180. The Labute approximate surface area is 206 Å². The van der Waals surface area contributed by atoms with Crippen LogP contribution in [-0.4, -0.2) is 42.9 Å². The predicted octanol–water partition coefficient (Wildman–Crippen LogP) is 4.15. The second-order valence-corrected chi connectivity index (χ2v) is 8.95. The molecule has 8 nitrogen and oxygen atoms in total. The van der Waals surface area contributed by atoms with Crippen molar-refractivity contribution < 1.29 is 19.4 Å². The van der Waals surface area contributed by atoms with Gasteiger partial charge in [-0.05, 0) is 42.0 Å². The third-order valence-electron chi connectivity index (χ3n) is 6.08. The van der Waals surface area contributed by atoms with Gasteiger partial charge in [0, 0.05) is 35.9 Å². The number of hydrogen-bond donors (Lipinski definition) is 4. The van der Waals surface area contributed by atoms with Crippen molar-refractivity contribution in [2.45, 2.75) is 46.2 Å². The zero-order chi connectivity index (χ0) is 25.5. The van der Waals surface area contributed by atoms with Gasteiger partial charge in [-0.25, -0.2) is 0 Å². The van der Waals surface area contributed by atoms with Gasteiger partial charge >= 0.3 is 0 Å². The average molecular weight is 481 g/mol. The van der Waals surface area contributed by atoms with Crippen LogP contribution in [0.1, 0.15) is 48.7 Å². The van der Waals surface area contributed by atoms with Crippen LogP contribution >= 0.6 is 0 Å². The molecule has 3 rings (SSSR count).